The van der Waals surface area contributed by atoms with Gasteiger partial charge in [0.15, 0.2) is 0 Å². The number of hydrogen-bond acceptors (Lipinski definition) is 2. The summed E-state index contributed by atoms with van der Waals surface area (Å²) in [5, 5.41) is 6.26. The first-order valence-corrected chi connectivity index (χ1v) is 8.72. The van der Waals surface area contributed by atoms with Crippen LogP contribution in [0.4, 0.5) is 4.79 Å². The molecular formula is C20H25ClN2O2. The topological polar surface area (TPSA) is 50.4 Å². The van der Waals surface area contributed by atoms with E-state index in [-0.39, 0.29) is 11.4 Å². The van der Waals surface area contributed by atoms with Crippen LogP contribution in [0, 0.1) is 0 Å². The number of nitrogens with one attached hydrogen (secondary N) is 2. The smallest absolute Gasteiger partial charge is 0.315 e. The summed E-state index contributed by atoms with van der Waals surface area (Å²) in [5.41, 5.74) is 2.30. The van der Waals surface area contributed by atoms with Crippen molar-refractivity contribution in [3.05, 3.63) is 64.7 Å². The van der Waals surface area contributed by atoms with Gasteiger partial charge in [0.2, 0.25) is 0 Å². The van der Waals surface area contributed by atoms with Crippen molar-refractivity contribution in [2.45, 2.75) is 32.7 Å². The molecule has 2 amide bonds. The van der Waals surface area contributed by atoms with E-state index in [1.165, 1.54) is 5.56 Å². The quantitative estimate of drug-likeness (QED) is 0.744. The molecule has 2 aromatic rings. The van der Waals surface area contributed by atoms with Crippen molar-refractivity contribution >= 4 is 17.6 Å². The summed E-state index contributed by atoms with van der Waals surface area (Å²) in [6, 6.07) is 15.2. The number of amides is 2. The SMILES string of the molecule is CC(C)(C)c1cccc(OCCNC(=O)NCc2ccc(Cl)cc2)c1. The van der Waals surface area contributed by atoms with Gasteiger partial charge in [0, 0.05) is 11.6 Å². The highest BCUT2D eigenvalue weighted by Gasteiger charge is 2.13. The third-order valence-electron chi connectivity index (χ3n) is 3.72. The average Bonchev–Trinajstić information content (AvgIpc) is 2.58. The highest BCUT2D eigenvalue weighted by Crippen LogP contribution is 2.25. The van der Waals surface area contributed by atoms with E-state index in [9.17, 15) is 4.79 Å². The molecule has 0 radical (unpaired) electrons. The van der Waals surface area contributed by atoms with Gasteiger partial charge in [-0.2, -0.15) is 0 Å². The molecule has 0 bridgehead atoms. The third kappa shape index (κ3) is 6.67. The lowest BCUT2D eigenvalue weighted by molar-refractivity contribution is 0.236. The zero-order chi connectivity index (χ0) is 18.3. The maximum absolute atomic E-state index is 11.8. The van der Waals surface area contributed by atoms with Gasteiger partial charge in [0.1, 0.15) is 12.4 Å². The highest BCUT2D eigenvalue weighted by atomic mass is 35.5. The van der Waals surface area contributed by atoms with E-state index in [0.29, 0.717) is 24.7 Å². The van der Waals surface area contributed by atoms with E-state index >= 15 is 0 Å². The summed E-state index contributed by atoms with van der Waals surface area (Å²) in [7, 11) is 0. The lowest BCUT2D eigenvalue weighted by atomic mass is 9.87. The van der Waals surface area contributed by atoms with E-state index < -0.39 is 0 Å². The summed E-state index contributed by atoms with van der Waals surface area (Å²) >= 11 is 5.83. The molecule has 0 unspecified atom stereocenters. The minimum atomic E-state index is -0.220. The standard InChI is InChI=1S/C20H25ClN2O2/c1-20(2,3)16-5-4-6-18(13-16)25-12-11-22-19(24)23-14-15-7-9-17(21)10-8-15/h4-10,13H,11-12,14H2,1-3H3,(H2,22,23,24). The third-order valence-corrected chi connectivity index (χ3v) is 3.97. The summed E-state index contributed by atoms with van der Waals surface area (Å²) in [5.74, 6) is 0.816. The van der Waals surface area contributed by atoms with Crippen molar-refractivity contribution in [1.29, 1.82) is 0 Å². The molecule has 4 nitrogen and oxygen atoms in total. The van der Waals surface area contributed by atoms with Gasteiger partial charge in [-0.05, 0) is 40.8 Å². The fraction of sp³-hybridized carbons (Fsp3) is 0.350. The predicted molar refractivity (Wildman–Crippen MR) is 102 cm³/mol. The molecule has 2 rings (SSSR count). The lowest BCUT2D eigenvalue weighted by Gasteiger charge is -2.19. The Morgan fingerprint density at radius 2 is 1.80 bits per heavy atom. The molecule has 0 aliphatic carbocycles. The zero-order valence-electron chi connectivity index (χ0n) is 14.9. The number of urea groups is 1. The second-order valence-electron chi connectivity index (χ2n) is 6.86. The van der Waals surface area contributed by atoms with Crippen LogP contribution in [0.1, 0.15) is 31.9 Å². The van der Waals surface area contributed by atoms with E-state index in [1.54, 1.807) is 12.1 Å². The first-order chi connectivity index (χ1) is 11.8. The number of rotatable bonds is 6. The second kappa shape index (κ2) is 8.77. The second-order valence-corrected chi connectivity index (χ2v) is 7.30. The molecule has 0 aromatic heterocycles. The normalized spacial score (nSPS) is 11.0. The number of carbonyl (C=O) groups is 1. The molecule has 25 heavy (non-hydrogen) atoms. The van der Waals surface area contributed by atoms with Crippen molar-refractivity contribution in [2.24, 2.45) is 0 Å². The molecule has 0 aliphatic heterocycles. The van der Waals surface area contributed by atoms with Gasteiger partial charge in [0.05, 0.1) is 6.54 Å². The maximum Gasteiger partial charge on any atom is 0.315 e. The summed E-state index contributed by atoms with van der Waals surface area (Å²) in [6.45, 7) is 7.81. The van der Waals surface area contributed by atoms with Crippen molar-refractivity contribution in [2.75, 3.05) is 13.2 Å². The van der Waals surface area contributed by atoms with Crippen LogP contribution in [0.3, 0.4) is 0 Å². The Bertz CT molecular complexity index is 694. The number of carbonyl (C=O) groups excluding carboxylic acids is 1. The van der Waals surface area contributed by atoms with Crippen LogP contribution >= 0.6 is 11.6 Å². The summed E-state index contributed by atoms with van der Waals surface area (Å²) < 4.78 is 5.71. The summed E-state index contributed by atoms with van der Waals surface area (Å²) in [6.07, 6.45) is 0. The van der Waals surface area contributed by atoms with Crippen LogP contribution < -0.4 is 15.4 Å². The van der Waals surface area contributed by atoms with Crippen molar-refractivity contribution in [1.82, 2.24) is 10.6 Å². The number of ether oxygens (including phenoxy) is 1. The Morgan fingerprint density at radius 1 is 1.08 bits per heavy atom. The van der Waals surface area contributed by atoms with Crippen LogP contribution in [0.5, 0.6) is 5.75 Å². The number of hydrogen-bond donors (Lipinski definition) is 2. The van der Waals surface area contributed by atoms with Gasteiger partial charge in [-0.25, -0.2) is 4.79 Å². The van der Waals surface area contributed by atoms with Gasteiger partial charge in [0.25, 0.3) is 0 Å². The van der Waals surface area contributed by atoms with E-state index in [1.807, 2.05) is 30.3 Å². The molecule has 0 aliphatic rings. The van der Waals surface area contributed by atoms with Crippen molar-refractivity contribution in [3.63, 3.8) is 0 Å². The largest absolute Gasteiger partial charge is 0.492 e. The Labute approximate surface area is 154 Å². The molecule has 0 heterocycles. The molecule has 0 saturated carbocycles. The molecule has 2 N–H and O–H groups in total. The fourth-order valence-electron chi connectivity index (χ4n) is 2.23. The van der Waals surface area contributed by atoms with Crippen LogP contribution in [0.25, 0.3) is 0 Å². The molecule has 0 atom stereocenters. The average molecular weight is 361 g/mol. The zero-order valence-corrected chi connectivity index (χ0v) is 15.7. The van der Waals surface area contributed by atoms with Crippen LogP contribution in [0.15, 0.2) is 48.5 Å². The first kappa shape index (κ1) is 19.1. The van der Waals surface area contributed by atoms with Crippen LogP contribution in [0.2, 0.25) is 5.02 Å². The molecule has 134 valence electrons. The van der Waals surface area contributed by atoms with E-state index in [2.05, 4.69) is 37.5 Å². The number of halogens is 1. The molecule has 0 saturated heterocycles. The Morgan fingerprint density at radius 3 is 2.48 bits per heavy atom. The molecule has 2 aromatic carbocycles. The van der Waals surface area contributed by atoms with Crippen LogP contribution in [-0.4, -0.2) is 19.2 Å². The predicted octanol–water partition coefficient (Wildman–Crippen LogP) is 4.52. The Balaban J connectivity index is 1.68. The fourth-order valence-corrected chi connectivity index (χ4v) is 2.36. The van der Waals surface area contributed by atoms with Crippen LogP contribution in [-0.2, 0) is 12.0 Å². The minimum absolute atomic E-state index is 0.0825. The minimum Gasteiger partial charge on any atom is -0.492 e. The number of benzene rings is 2. The monoisotopic (exact) mass is 360 g/mol. The molecule has 0 fully saturated rings. The van der Waals surface area contributed by atoms with Gasteiger partial charge < -0.3 is 15.4 Å². The molecule has 0 spiro atoms. The van der Waals surface area contributed by atoms with Crippen molar-refractivity contribution in [3.8, 4) is 5.75 Å². The first-order valence-electron chi connectivity index (χ1n) is 8.34. The van der Waals surface area contributed by atoms with E-state index in [0.717, 1.165) is 11.3 Å². The molecule has 5 heteroatoms. The lowest BCUT2D eigenvalue weighted by Crippen LogP contribution is -2.37. The van der Waals surface area contributed by atoms with Gasteiger partial charge in [-0.1, -0.05) is 56.6 Å². The Hall–Kier alpha value is -2.20. The highest BCUT2D eigenvalue weighted by molar-refractivity contribution is 6.30. The Kier molecular flexibility index (Phi) is 6.71. The van der Waals surface area contributed by atoms with E-state index in [4.69, 9.17) is 16.3 Å². The molecular weight excluding hydrogens is 336 g/mol. The van der Waals surface area contributed by atoms with Gasteiger partial charge in [-0.3, -0.25) is 0 Å². The van der Waals surface area contributed by atoms with Gasteiger partial charge in [-0.15, -0.1) is 0 Å². The van der Waals surface area contributed by atoms with Gasteiger partial charge >= 0.3 is 6.03 Å². The maximum atomic E-state index is 11.8. The van der Waals surface area contributed by atoms with Crippen molar-refractivity contribution < 1.29 is 9.53 Å². The summed E-state index contributed by atoms with van der Waals surface area (Å²) in [4.78, 5) is 11.8.